The third-order valence-electron chi connectivity index (χ3n) is 2.45. The van der Waals surface area contributed by atoms with Crippen molar-refractivity contribution >= 4 is 40.0 Å². The van der Waals surface area contributed by atoms with Crippen LogP contribution >= 0.6 is 34.2 Å². The average Bonchev–Trinajstić information content (AvgIpc) is 2.86. The van der Waals surface area contributed by atoms with Gasteiger partial charge in [-0.3, -0.25) is 4.79 Å². The van der Waals surface area contributed by atoms with Crippen molar-refractivity contribution in [2.24, 2.45) is 0 Å². The van der Waals surface area contributed by atoms with Crippen LogP contribution < -0.4 is 0 Å². The molecule has 0 saturated carbocycles. The average molecular weight is 395 g/mol. The van der Waals surface area contributed by atoms with E-state index in [1.807, 2.05) is 0 Å². The highest BCUT2D eigenvalue weighted by molar-refractivity contribution is 14.1. The summed E-state index contributed by atoms with van der Waals surface area (Å²) >= 11 is 8.18. The maximum atomic E-state index is 11.6. The molecular formula is C14H16ClIO3. The molecule has 0 fully saturated rings. The minimum Gasteiger partial charge on any atom is -0.466 e. The van der Waals surface area contributed by atoms with E-state index in [4.69, 9.17) is 16.0 Å². The lowest BCUT2D eigenvalue weighted by atomic mass is 10.1. The van der Waals surface area contributed by atoms with Crippen molar-refractivity contribution < 1.29 is 14.3 Å². The topological polar surface area (TPSA) is 50.4 Å². The van der Waals surface area contributed by atoms with Crippen molar-refractivity contribution in [3.05, 3.63) is 46.5 Å². The zero-order valence-corrected chi connectivity index (χ0v) is 13.3. The molecule has 1 rings (SSSR count). The van der Waals surface area contributed by atoms with Crippen molar-refractivity contribution in [1.82, 2.24) is 0 Å². The molecule has 0 amide bonds. The van der Waals surface area contributed by atoms with Gasteiger partial charge < -0.3 is 9.52 Å². The Labute approximate surface area is 131 Å². The molecule has 5 heteroatoms. The van der Waals surface area contributed by atoms with Gasteiger partial charge in [0.05, 0.1) is 6.26 Å². The fourth-order valence-corrected chi connectivity index (χ4v) is 2.56. The fraction of sp³-hybridized carbons (Fsp3) is 0.357. The molecule has 1 aromatic rings. The lowest BCUT2D eigenvalue weighted by molar-refractivity contribution is -0.114. The fourth-order valence-electron chi connectivity index (χ4n) is 1.48. The molecule has 19 heavy (non-hydrogen) atoms. The van der Waals surface area contributed by atoms with E-state index in [0.717, 1.165) is 3.58 Å². The smallest absolute Gasteiger partial charge is 0.155 e. The summed E-state index contributed by atoms with van der Waals surface area (Å²) in [5, 5.41) is 9.61. The molecule has 0 aliphatic carbocycles. The monoisotopic (exact) mass is 394 g/mol. The standard InChI is InChI=1S/C14H16ClIO3/c1-10(16)9-11(15)4-5-12(17)6-7-13(18)14-3-2-8-19-14/h2-3,6-8,11,13,18H,1,4-5,9H2. The van der Waals surface area contributed by atoms with Gasteiger partial charge >= 0.3 is 0 Å². The maximum Gasteiger partial charge on any atom is 0.155 e. The number of halogens is 2. The first-order valence-electron chi connectivity index (χ1n) is 5.89. The van der Waals surface area contributed by atoms with Gasteiger partial charge in [0.25, 0.3) is 0 Å². The first kappa shape index (κ1) is 16.5. The van der Waals surface area contributed by atoms with Crippen LogP contribution in [0.5, 0.6) is 0 Å². The third-order valence-corrected chi connectivity index (χ3v) is 3.26. The molecule has 2 atom stereocenters. The second kappa shape index (κ2) is 8.55. The second-order valence-corrected chi connectivity index (χ2v) is 6.29. The Morgan fingerprint density at radius 3 is 2.95 bits per heavy atom. The largest absolute Gasteiger partial charge is 0.466 e. The first-order chi connectivity index (χ1) is 8.99. The molecule has 1 aromatic heterocycles. The van der Waals surface area contributed by atoms with Crippen molar-refractivity contribution in [3.8, 4) is 0 Å². The van der Waals surface area contributed by atoms with Gasteiger partial charge in [0.15, 0.2) is 5.78 Å². The van der Waals surface area contributed by atoms with E-state index in [2.05, 4.69) is 29.2 Å². The van der Waals surface area contributed by atoms with Gasteiger partial charge in [-0.25, -0.2) is 0 Å². The highest BCUT2D eigenvalue weighted by atomic mass is 127. The predicted molar refractivity (Wildman–Crippen MR) is 84.5 cm³/mol. The number of carbonyl (C=O) groups is 1. The summed E-state index contributed by atoms with van der Waals surface area (Å²) in [6, 6.07) is 3.34. The molecule has 0 saturated heterocycles. The van der Waals surface area contributed by atoms with Gasteiger partial charge in [0, 0.05) is 11.8 Å². The first-order valence-corrected chi connectivity index (χ1v) is 7.40. The van der Waals surface area contributed by atoms with Gasteiger partial charge in [-0.15, -0.1) is 11.6 Å². The molecule has 1 N–H and O–H groups in total. The molecule has 3 nitrogen and oxygen atoms in total. The van der Waals surface area contributed by atoms with Crippen LogP contribution in [0.4, 0.5) is 0 Å². The van der Waals surface area contributed by atoms with E-state index < -0.39 is 6.10 Å². The Bertz CT molecular complexity index is 440. The van der Waals surface area contributed by atoms with Crippen molar-refractivity contribution in [3.63, 3.8) is 0 Å². The minimum absolute atomic E-state index is 0.0599. The van der Waals surface area contributed by atoms with Gasteiger partial charge in [-0.05, 0) is 63.3 Å². The van der Waals surface area contributed by atoms with Gasteiger partial charge in [-0.2, -0.15) is 0 Å². The zero-order valence-electron chi connectivity index (χ0n) is 10.4. The number of hydrogen-bond donors (Lipinski definition) is 1. The Kier molecular flexibility index (Phi) is 7.41. The predicted octanol–water partition coefficient (Wildman–Crippen LogP) is 4.16. The number of rotatable bonds is 8. The number of hydrogen-bond acceptors (Lipinski definition) is 3. The van der Waals surface area contributed by atoms with Crippen LogP contribution in [0.15, 0.2) is 45.1 Å². The lowest BCUT2D eigenvalue weighted by Gasteiger charge is -2.06. The summed E-state index contributed by atoms with van der Waals surface area (Å²) in [5.74, 6) is 0.357. The summed E-state index contributed by atoms with van der Waals surface area (Å²) in [7, 11) is 0. The van der Waals surface area contributed by atoms with Crippen LogP contribution in [-0.4, -0.2) is 16.3 Å². The molecule has 0 radical (unpaired) electrons. The zero-order chi connectivity index (χ0) is 14.3. The summed E-state index contributed by atoms with van der Waals surface area (Å²) in [6.45, 7) is 3.77. The molecule has 1 heterocycles. The number of carbonyl (C=O) groups excluding carboxylic acids is 1. The molecule has 0 aliphatic heterocycles. The second-order valence-electron chi connectivity index (χ2n) is 4.14. The summed E-state index contributed by atoms with van der Waals surface area (Å²) in [5.41, 5.74) is 0. The number of ketones is 1. The van der Waals surface area contributed by atoms with Crippen LogP contribution in [0, 0.1) is 0 Å². The van der Waals surface area contributed by atoms with Crippen molar-refractivity contribution in [2.75, 3.05) is 0 Å². The summed E-state index contributed by atoms with van der Waals surface area (Å²) < 4.78 is 6.01. The van der Waals surface area contributed by atoms with Crippen molar-refractivity contribution in [1.29, 1.82) is 0 Å². The maximum absolute atomic E-state index is 11.6. The molecular weight excluding hydrogens is 379 g/mol. The number of furan rings is 1. The van der Waals surface area contributed by atoms with E-state index in [9.17, 15) is 9.90 Å². The van der Waals surface area contributed by atoms with Crippen LogP contribution in [0.1, 0.15) is 31.1 Å². The normalized spacial score (nSPS) is 14.5. The molecule has 0 aromatic carbocycles. The number of aliphatic hydroxyl groups is 1. The SMILES string of the molecule is C=C(I)CC(Cl)CCC(=O)C=CC(O)c1ccco1. The van der Waals surface area contributed by atoms with Crippen LogP contribution in [-0.2, 0) is 4.79 Å². The van der Waals surface area contributed by atoms with E-state index in [1.54, 1.807) is 12.1 Å². The van der Waals surface area contributed by atoms with E-state index in [1.165, 1.54) is 18.4 Å². The Morgan fingerprint density at radius 2 is 2.37 bits per heavy atom. The van der Waals surface area contributed by atoms with E-state index in [0.29, 0.717) is 25.0 Å². The molecule has 0 spiro atoms. The number of allylic oxidation sites excluding steroid dienone is 2. The lowest BCUT2D eigenvalue weighted by Crippen LogP contribution is -2.03. The highest BCUT2D eigenvalue weighted by Crippen LogP contribution is 2.19. The van der Waals surface area contributed by atoms with Crippen molar-refractivity contribution in [2.45, 2.75) is 30.7 Å². The Hall–Kier alpha value is -0.590. The van der Waals surface area contributed by atoms with Gasteiger partial charge in [-0.1, -0.05) is 6.58 Å². The Morgan fingerprint density at radius 1 is 1.63 bits per heavy atom. The summed E-state index contributed by atoms with van der Waals surface area (Å²) in [4.78, 5) is 11.6. The molecule has 0 bridgehead atoms. The molecule has 0 aliphatic rings. The Balaban J connectivity index is 2.33. The third kappa shape index (κ3) is 6.94. The van der Waals surface area contributed by atoms with E-state index >= 15 is 0 Å². The van der Waals surface area contributed by atoms with Crippen LogP contribution in [0.3, 0.4) is 0 Å². The van der Waals surface area contributed by atoms with Gasteiger partial charge in [0.1, 0.15) is 11.9 Å². The van der Waals surface area contributed by atoms with Crippen LogP contribution in [0.25, 0.3) is 0 Å². The van der Waals surface area contributed by atoms with Crippen LogP contribution in [0.2, 0.25) is 0 Å². The number of alkyl halides is 1. The minimum atomic E-state index is -0.889. The van der Waals surface area contributed by atoms with E-state index in [-0.39, 0.29) is 11.2 Å². The molecule has 2 unspecified atom stereocenters. The van der Waals surface area contributed by atoms with Gasteiger partial charge in [0.2, 0.25) is 0 Å². The number of aliphatic hydroxyl groups excluding tert-OH is 1. The summed E-state index contributed by atoms with van der Waals surface area (Å²) in [6.07, 6.45) is 5.04. The quantitative estimate of drug-likeness (QED) is 0.409. The molecule has 104 valence electrons. The highest BCUT2D eigenvalue weighted by Gasteiger charge is 2.09.